The Balaban J connectivity index is 1.36. The van der Waals surface area contributed by atoms with Gasteiger partial charge in [0.25, 0.3) is 5.91 Å². The molecule has 0 bridgehead atoms. The molecule has 5 rings (SSSR count). The molecule has 1 aliphatic heterocycles. The highest BCUT2D eigenvalue weighted by Gasteiger charge is 2.47. The van der Waals surface area contributed by atoms with Gasteiger partial charge in [-0.1, -0.05) is 18.9 Å². The topological polar surface area (TPSA) is 88.4 Å². The Morgan fingerprint density at radius 1 is 1.37 bits per heavy atom. The second-order valence-corrected chi connectivity index (χ2v) is 9.94. The monoisotopic (exact) mass is 492 g/mol. The average molecular weight is 493 g/mol. The smallest absolute Gasteiger partial charge is 0.389 e. The van der Waals surface area contributed by atoms with Crippen molar-refractivity contribution in [3.8, 4) is 5.75 Å². The minimum Gasteiger partial charge on any atom is -0.494 e. The summed E-state index contributed by atoms with van der Waals surface area (Å²) in [5, 5.41) is 22.0. The highest BCUT2D eigenvalue weighted by Crippen LogP contribution is 2.46. The van der Waals surface area contributed by atoms with Crippen LogP contribution in [0.25, 0.3) is 0 Å². The SMILES string of the molecule is CNC(=O)c1c2c(nn1CCC1CC1)C[C@]1(CCc3cc(OCCCC(F)(F)F)ccc31)NC2O. The summed E-state index contributed by atoms with van der Waals surface area (Å²) in [5.41, 5.74) is 3.24. The zero-order chi connectivity index (χ0) is 24.8. The first kappa shape index (κ1) is 24.1. The molecule has 3 N–H and O–H groups in total. The van der Waals surface area contributed by atoms with Crippen LogP contribution in [0.15, 0.2) is 18.2 Å². The van der Waals surface area contributed by atoms with Gasteiger partial charge in [0, 0.05) is 32.0 Å². The van der Waals surface area contributed by atoms with Crippen molar-refractivity contribution in [2.24, 2.45) is 5.92 Å². The third kappa shape index (κ3) is 4.91. The number of carbonyl (C=O) groups is 1. The van der Waals surface area contributed by atoms with E-state index in [2.05, 4.69) is 10.6 Å². The molecule has 2 aromatic rings. The molecule has 35 heavy (non-hydrogen) atoms. The van der Waals surface area contributed by atoms with Gasteiger partial charge >= 0.3 is 6.18 Å². The number of halogens is 3. The molecule has 1 unspecified atom stereocenters. The molecular weight excluding hydrogens is 461 g/mol. The largest absolute Gasteiger partial charge is 0.494 e. The Morgan fingerprint density at radius 2 is 2.17 bits per heavy atom. The van der Waals surface area contributed by atoms with Crippen LogP contribution in [0.5, 0.6) is 5.75 Å². The van der Waals surface area contributed by atoms with Crippen molar-refractivity contribution >= 4 is 5.91 Å². The predicted molar refractivity (Wildman–Crippen MR) is 122 cm³/mol. The highest BCUT2D eigenvalue weighted by atomic mass is 19.4. The number of carbonyl (C=O) groups excluding carboxylic acids is 1. The normalized spacial score (nSPS) is 23.3. The quantitative estimate of drug-likeness (QED) is 0.489. The van der Waals surface area contributed by atoms with Crippen LogP contribution in [-0.2, 0) is 24.9 Å². The van der Waals surface area contributed by atoms with E-state index in [-0.39, 0.29) is 18.9 Å². The zero-order valence-electron chi connectivity index (χ0n) is 19.7. The summed E-state index contributed by atoms with van der Waals surface area (Å²) in [5.74, 6) is 0.978. The standard InChI is InChI=1S/C25H31F3N4O3/c1-29-23(34)21-20-19(31-32(21)11-8-15-3-4-15)14-24(30-22(20)33)10-7-16-13-17(5-6-18(16)24)35-12-2-9-25(26,27)28/h5-6,13,15,22,30,33H,2-4,7-12,14H2,1H3,(H,29,34)/t22?,24-/m0/s1. The summed E-state index contributed by atoms with van der Waals surface area (Å²) < 4.78 is 44.4. The third-order valence-electron chi connectivity index (χ3n) is 7.40. The molecule has 7 nitrogen and oxygen atoms in total. The number of aryl methyl sites for hydroxylation is 2. The summed E-state index contributed by atoms with van der Waals surface area (Å²) in [6, 6.07) is 5.58. The number of hydrogen-bond donors (Lipinski definition) is 3. The predicted octanol–water partition coefficient (Wildman–Crippen LogP) is 3.74. The molecule has 1 amide bonds. The van der Waals surface area contributed by atoms with E-state index in [0.717, 1.165) is 36.1 Å². The number of fused-ring (bicyclic) bond motifs is 3. The Morgan fingerprint density at radius 3 is 2.89 bits per heavy atom. The van der Waals surface area contributed by atoms with Gasteiger partial charge in [-0.15, -0.1) is 0 Å². The van der Waals surface area contributed by atoms with Crippen LogP contribution < -0.4 is 15.4 Å². The molecule has 10 heteroatoms. The lowest BCUT2D eigenvalue weighted by Gasteiger charge is -2.38. The number of benzene rings is 1. The summed E-state index contributed by atoms with van der Waals surface area (Å²) >= 11 is 0. The zero-order valence-corrected chi connectivity index (χ0v) is 19.7. The van der Waals surface area contributed by atoms with Crippen LogP contribution in [0, 0.1) is 5.92 Å². The second-order valence-electron chi connectivity index (χ2n) is 9.94. The van der Waals surface area contributed by atoms with Crippen molar-refractivity contribution in [2.45, 2.75) is 75.9 Å². The molecule has 0 saturated heterocycles. The maximum atomic E-state index is 12.7. The van der Waals surface area contributed by atoms with Gasteiger partial charge in [0.05, 0.1) is 17.8 Å². The van der Waals surface area contributed by atoms with Crippen LogP contribution in [0.1, 0.15) is 77.6 Å². The van der Waals surface area contributed by atoms with Gasteiger partial charge in [-0.25, -0.2) is 0 Å². The minimum atomic E-state index is -4.18. The molecule has 1 spiro atoms. The number of alkyl halides is 3. The number of ether oxygens (including phenoxy) is 1. The molecule has 0 radical (unpaired) electrons. The van der Waals surface area contributed by atoms with E-state index in [0.29, 0.717) is 35.9 Å². The van der Waals surface area contributed by atoms with Crippen molar-refractivity contribution in [3.05, 3.63) is 46.3 Å². The van der Waals surface area contributed by atoms with E-state index in [1.54, 1.807) is 17.8 Å². The number of amides is 1. The number of aliphatic hydroxyl groups is 1. The van der Waals surface area contributed by atoms with E-state index in [1.165, 1.54) is 12.8 Å². The summed E-state index contributed by atoms with van der Waals surface area (Å²) in [7, 11) is 1.58. The molecule has 1 saturated carbocycles. The Hall–Kier alpha value is -2.59. The summed E-state index contributed by atoms with van der Waals surface area (Å²) in [6.45, 7) is 0.649. The van der Waals surface area contributed by atoms with Crippen LogP contribution in [-0.4, -0.2) is 40.6 Å². The molecular formula is C25H31F3N4O3. The number of nitrogens with one attached hydrogen (secondary N) is 2. The van der Waals surface area contributed by atoms with E-state index < -0.39 is 24.4 Å². The molecule has 1 aromatic carbocycles. The van der Waals surface area contributed by atoms with Gasteiger partial charge in [0.1, 0.15) is 17.7 Å². The van der Waals surface area contributed by atoms with E-state index >= 15 is 0 Å². The molecule has 1 aromatic heterocycles. The number of rotatable bonds is 8. The van der Waals surface area contributed by atoms with Crippen molar-refractivity contribution < 1.29 is 27.8 Å². The van der Waals surface area contributed by atoms with Gasteiger partial charge in [0.15, 0.2) is 0 Å². The molecule has 190 valence electrons. The van der Waals surface area contributed by atoms with Crippen LogP contribution in [0.2, 0.25) is 0 Å². The first-order chi connectivity index (χ1) is 16.7. The highest BCUT2D eigenvalue weighted by molar-refractivity contribution is 5.94. The van der Waals surface area contributed by atoms with E-state index in [4.69, 9.17) is 9.84 Å². The van der Waals surface area contributed by atoms with Gasteiger partial charge in [-0.2, -0.15) is 18.3 Å². The lowest BCUT2D eigenvalue weighted by molar-refractivity contribution is -0.136. The molecule has 2 heterocycles. The average Bonchev–Trinajstić information content (AvgIpc) is 3.48. The van der Waals surface area contributed by atoms with Crippen LogP contribution in [0.3, 0.4) is 0 Å². The van der Waals surface area contributed by atoms with Crippen molar-refractivity contribution in [3.63, 3.8) is 0 Å². The number of hydrogen-bond acceptors (Lipinski definition) is 5. The van der Waals surface area contributed by atoms with Crippen LogP contribution in [0.4, 0.5) is 13.2 Å². The van der Waals surface area contributed by atoms with Gasteiger partial charge in [0.2, 0.25) is 0 Å². The number of aliphatic hydroxyl groups excluding tert-OH is 1. The summed E-state index contributed by atoms with van der Waals surface area (Å²) in [6.07, 6.45) is -0.744. The van der Waals surface area contributed by atoms with E-state index in [1.807, 2.05) is 12.1 Å². The lowest BCUT2D eigenvalue weighted by Crippen LogP contribution is -2.48. The fourth-order valence-corrected chi connectivity index (χ4v) is 5.46. The molecule has 2 aliphatic carbocycles. The second kappa shape index (κ2) is 9.13. The molecule has 2 atom stereocenters. The first-order valence-electron chi connectivity index (χ1n) is 12.3. The molecule has 1 fully saturated rings. The van der Waals surface area contributed by atoms with Gasteiger partial charge in [-0.05, 0) is 54.9 Å². The van der Waals surface area contributed by atoms with E-state index in [9.17, 15) is 23.1 Å². The minimum absolute atomic E-state index is 0.00429. The summed E-state index contributed by atoms with van der Waals surface area (Å²) in [4.78, 5) is 12.7. The maximum Gasteiger partial charge on any atom is 0.389 e. The number of nitrogens with zero attached hydrogens (tertiary/aromatic N) is 2. The maximum absolute atomic E-state index is 12.7. The molecule has 3 aliphatic rings. The van der Waals surface area contributed by atoms with Crippen molar-refractivity contribution in [2.75, 3.05) is 13.7 Å². The first-order valence-corrected chi connectivity index (χ1v) is 12.3. The Labute approximate surface area is 202 Å². The van der Waals surface area contributed by atoms with Crippen LogP contribution >= 0.6 is 0 Å². The fourth-order valence-electron chi connectivity index (χ4n) is 5.46. The van der Waals surface area contributed by atoms with Crippen molar-refractivity contribution in [1.82, 2.24) is 20.4 Å². The Kier molecular flexibility index (Phi) is 6.29. The number of aromatic nitrogens is 2. The third-order valence-corrected chi connectivity index (χ3v) is 7.40. The Bertz CT molecular complexity index is 1110. The van der Waals surface area contributed by atoms with Gasteiger partial charge < -0.3 is 15.2 Å². The fraction of sp³-hybridized carbons (Fsp3) is 0.600. The van der Waals surface area contributed by atoms with Gasteiger partial charge in [-0.3, -0.25) is 14.8 Å². The lowest BCUT2D eigenvalue weighted by atomic mass is 9.82. The van der Waals surface area contributed by atoms with Crippen molar-refractivity contribution in [1.29, 1.82) is 0 Å².